The molecule has 0 bridgehead atoms. The number of hydrogen-bond acceptors (Lipinski definition) is 2. The Balaban J connectivity index is 2.16. The van der Waals surface area contributed by atoms with Crippen molar-refractivity contribution in [2.75, 3.05) is 0 Å². The van der Waals surface area contributed by atoms with Crippen LogP contribution in [0.1, 0.15) is 43.0 Å². The molecule has 0 unspecified atom stereocenters. The fourth-order valence-corrected chi connectivity index (χ4v) is 3.20. The fraction of sp³-hybridized carbons (Fsp3) is 0.467. The van der Waals surface area contributed by atoms with Crippen molar-refractivity contribution in [3.8, 4) is 6.07 Å². The highest BCUT2D eigenvalue weighted by molar-refractivity contribution is 14.1. The summed E-state index contributed by atoms with van der Waals surface area (Å²) in [6, 6.07) is 6.30. The van der Waals surface area contributed by atoms with E-state index in [0.29, 0.717) is 27.9 Å². The molecule has 20 heavy (non-hydrogen) atoms. The van der Waals surface area contributed by atoms with E-state index in [4.69, 9.17) is 0 Å². The third kappa shape index (κ3) is 3.29. The fourth-order valence-electron chi connectivity index (χ4n) is 2.48. The molecule has 106 valence electrons. The van der Waals surface area contributed by atoms with Crippen LogP contribution in [0.15, 0.2) is 18.2 Å². The standard InChI is InChI=1S/C15H16FIN2O/c1-10-4-6-15(9-18,7-5-10)19-14(20)12-3-2-11(16)8-13(12)17/h2-3,8,10H,4-7H2,1H3,(H,19,20). The summed E-state index contributed by atoms with van der Waals surface area (Å²) >= 11 is 1.93. The number of nitriles is 1. The second-order valence-electron chi connectivity index (χ2n) is 5.45. The molecule has 0 heterocycles. The quantitative estimate of drug-likeness (QED) is 0.790. The topological polar surface area (TPSA) is 52.9 Å². The molecular formula is C15H16FIN2O. The van der Waals surface area contributed by atoms with Crippen LogP contribution in [0, 0.1) is 26.6 Å². The molecule has 0 atom stereocenters. The Kier molecular flexibility index (Phi) is 4.63. The van der Waals surface area contributed by atoms with Gasteiger partial charge in [0.15, 0.2) is 0 Å². The maximum Gasteiger partial charge on any atom is 0.253 e. The minimum atomic E-state index is -0.777. The molecule has 1 fully saturated rings. The van der Waals surface area contributed by atoms with E-state index in [9.17, 15) is 14.4 Å². The van der Waals surface area contributed by atoms with Crippen molar-refractivity contribution in [2.45, 2.75) is 38.1 Å². The molecule has 1 aromatic carbocycles. The van der Waals surface area contributed by atoms with Crippen molar-refractivity contribution in [1.29, 1.82) is 5.26 Å². The van der Waals surface area contributed by atoms with Gasteiger partial charge in [0.2, 0.25) is 0 Å². The molecule has 1 aromatic rings. The van der Waals surface area contributed by atoms with Crippen LogP contribution in [0.25, 0.3) is 0 Å². The number of nitrogens with zero attached hydrogens (tertiary/aromatic N) is 1. The van der Waals surface area contributed by atoms with Crippen LogP contribution in [0.5, 0.6) is 0 Å². The van der Waals surface area contributed by atoms with Crippen molar-refractivity contribution in [1.82, 2.24) is 5.32 Å². The minimum absolute atomic E-state index is 0.300. The lowest BCUT2D eigenvalue weighted by Crippen LogP contribution is -2.49. The number of amides is 1. The van der Waals surface area contributed by atoms with Crippen molar-refractivity contribution in [3.63, 3.8) is 0 Å². The highest BCUT2D eigenvalue weighted by Gasteiger charge is 2.36. The zero-order valence-corrected chi connectivity index (χ0v) is 13.4. The first-order chi connectivity index (χ1) is 9.46. The van der Waals surface area contributed by atoms with E-state index in [1.807, 2.05) is 22.6 Å². The molecule has 1 N–H and O–H groups in total. The highest BCUT2D eigenvalue weighted by Crippen LogP contribution is 2.31. The molecular weight excluding hydrogens is 370 g/mol. The van der Waals surface area contributed by atoms with Gasteiger partial charge in [0, 0.05) is 3.57 Å². The zero-order valence-electron chi connectivity index (χ0n) is 11.2. The second kappa shape index (κ2) is 6.08. The van der Waals surface area contributed by atoms with Gasteiger partial charge < -0.3 is 5.32 Å². The Morgan fingerprint density at radius 2 is 2.15 bits per heavy atom. The van der Waals surface area contributed by atoms with Gasteiger partial charge in [-0.3, -0.25) is 4.79 Å². The van der Waals surface area contributed by atoms with Gasteiger partial charge in [-0.2, -0.15) is 5.26 Å². The summed E-state index contributed by atoms with van der Waals surface area (Å²) in [4.78, 5) is 12.3. The van der Waals surface area contributed by atoms with Crippen LogP contribution in [0.2, 0.25) is 0 Å². The summed E-state index contributed by atoms with van der Waals surface area (Å²) in [6.07, 6.45) is 3.23. The Hall–Kier alpha value is -1.16. The number of hydrogen-bond donors (Lipinski definition) is 1. The minimum Gasteiger partial charge on any atom is -0.334 e. The second-order valence-corrected chi connectivity index (χ2v) is 6.62. The van der Waals surface area contributed by atoms with Crippen LogP contribution in [-0.4, -0.2) is 11.4 Å². The van der Waals surface area contributed by atoms with Gasteiger partial charge in [-0.05, 0) is 72.4 Å². The number of carbonyl (C=O) groups excluding carboxylic acids is 1. The molecule has 2 rings (SSSR count). The average Bonchev–Trinajstić information content (AvgIpc) is 2.41. The third-order valence-electron chi connectivity index (χ3n) is 3.87. The number of benzene rings is 1. The molecule has 3 nitrogen and oxygen atoms in total. The monoisotopic (exact) mass is 386 g/mol. The predicted molar refractivity (Wildman–Crippen MR) is 82.6 cm³/mol. The first kappa shape index (κ1) is 15.2. The van der Waals surface area contributed by atoms with Crippen LogP contribution >= 0.6 is 22.6 Å². The van der Waals surface area contributed by atoms with E-state index in [1.54, 1.807) is 0 Å². The number of carbonyl (C=O) groups is 1. The molecule has 0 aromatic heterocycles. The molecule has 0 aliphatic heterocycles. The number of nitrogens with one attached hydrogen (secondary N) is 1. The van der Waals surface area contributed by atoms with Gasteiger partial charge in [0.1, 0.15) is 11.4 Å². The first-order valence-electron chi connectivity index (χ1n) is 6.64. The lowest BCUT2D eigenvalue weighted by molar-refractivity contribution is 0.0893. The zero-order chi connectivity index (χ0) is 14.8. The predicted octanol–water partition coefficient (Wildman–Crippen LogP) is 3.63. The van der Waals surface area contributed by atoms with Crippen molar-refractivity contribution in [2.24, 2.45) is 5.92 Å². The highest BCUT2D eigenvalue weighted by atomic mass is 127. The van der Waals surface area contributed by atoms with E-state index in [1.165, 1.54) is 18.2 Å². The Bertz CT molecular complexity index is 559. The molecule has 1 aliphatic rings. The van der Waals surface area contributed by atoms with Gasteiger partial charge in [-0.15, -0.1) is 0 Å². The SMILES string of the molecule is CC1CCC(C#N)(NC(=O)c2ccc(F)cc2I)CC1. The van der Waals surface area contributed by atoms with Gasteiger partial charge in [-0.25, -0.2) is 4.39 Å². The first-order valence-corrected chi connectivity index (χ1v) is 7.72. The largest absolute Gasteiger partial charge is 0.334 e. The third-order valence-corrected chi connectivity index (χ3v) is 4.76. The maximum absolute atomic E-state index is 13.1. The van der Waals surface area contributed by atoms with E-state index in [-0.39, 0.29) is 11.7 Å². The summed E-state index contributed by atoms with van der Waals surface area (Å²) in [7, 11) is 0. The maximum atomic E-state index is 13.1. The van der Waals surface area contributed by atoms with Crippen LogP contribution in [0.4, 0.5) is 4.39 Å². The van der Waals surface area contributed by atoms with Gasteiger partial charge in [0.05, 0.1) is 11.6 Å². The summed E-state index contributed by atoms with van der Waals surface area (Å²) in [6.45, 7) is 2.16. The van der Waals surface area contributed by atoms with E-state index in [0.717, 1.165) is 12.8 Å². The lowest BCUT2D eigenvalue weighted by atomic mass is 9.78. The molecule has 0 saturated heterocycles. The molecule has 0 spiro atoms. The Morgan fingerprint density at radius 1 is 1.50 bits per heavy atom. The summed E-state index contributed by atoms with van der Waals surface area (Å²) in [5.41, 5.74) is -0.360. The van der Waals surface area contributed by atoms with Crippen LogP contribution in [-0.2, 0) is 0 Å². The molecule has 1 amide bonds. The van der Waals surface area contributed by atoms with Crippen molar-refractivity contribution < 1.29 is 9.18 Å². The van der Waals surface area contributed by atoms with Gasteiger partial charge >= 0.3 is 0 Å². The normalized spacial score (nSPS) is 25.8. The van der Waals surface area contributed by atoms with Crippen LogP contribution < -0.4 is 5.32 Å². The van der Waals surface area contributed by atoms with E-state index >= 15 is 0 Å². The number of halogens is 2. The van der Waals surface area contributed by atoms with Crippen molar-refractivity contribution >= 4 is 28.5 Å². The smallest absolute Gasteiger partial charge is 0.253 e. The Labute approximate surface area is 131 Å². The Morgan fingerprint density at radius 3 is 2.70 bits per heavy atom. The average molecular weight is 386 g/mol. The lowest BCUT2D eigenvalue weighted by Gasteiger charge is -2.34. The van der Waals surface area contributed by atoms with Crippen molar-refractivity contribution in [3.05, 3.63) is 33.1 Å². The van der Waals surface area contributed by atoms with Crippen LogP contribution in [0.3, 0.4) is 0 Å². The molecule has 1 aliphatic carbocycles. The van der Waals surface area contributed by atoms with E-state index in [2.05, 4.69) is 18.3 Å². The molecule has 0 radical (unpaired) electrons. The van der Waals surface area contributed by atoms with Gasteiger partial charge in [0.25, 0.3) is 5.91 Å². The summed E-state index contributed by atoms with van der Waals surface area (Å²) < 4.78 is 13.6. The van der Waals surface area contributed by atoms with E-state index < -0.39 is 5.54 Å². The van der Waals surface area contributed by atoms with Gasteiger partial charge in [-0.1, -0.05) is 6.92 Å². The molecule has 1 saturated carbocycles. The summed E-state index contributed by atoms with van der Waals surface area (Å²) in [5.74, 6) is -0.0720. The summed E-state index contributed by atoms with van der Waals surface area (Å²) in [5, 5.41) is 12.3. The molecule has 5 heteroatoms. The number of rotatable bonds is 2.